The second-order valence-corrected chi connectivity index (χ2v) is 5.56. The van der Waals surface area contributed by atoms with Crippen LogP contribution in [0.4, 0.5) is 5.69 Å². The molecule has 1 rings (SSSR count). The summed E-state index contributed by atoms with van der Waals surface area (Å²) < 4.78 is 0. The summed E-state index contributed by atoms with van der Waals surface area (Å²) in [6.07, 6.45) is 2.50. The van der Waals surface area contributed by atoms with Crippen LogP contribution in [0.5, 0.6) is 0 Å². The van der Waals surface area contributed by atoms with Gasteiger partial charge in [-0.2, -0.15) is 0 Å². The molecule has 21 heavy (non-hydrogen) atoms. The number of nitrogens with one attached hydrogen (secondary N) is 1. The van der Waals surface area contributed by atoms with Gasteiger partial charge < -0.3 is 16.2 Å². The molecule has 4 N–H and O–H groups in total. The molecule has 0 saturated carbocycles. The van der Waals surface area contributed by atoms with Crippen LogP contribution in [0.15, 0.2) is 24.3 Å². The molecule has 0 spiro atoms. The molecule has 1 aromatic rings. The lowest BCUT2D eigenvalue weighted by molar-refractivity contribution is -0.141. The van der Waals surface area contributed by atoms with Crippen molar-refractivity contribution >= 4 is 17.6 Å². The molecule has 0 heterocycles. The minimum absolute atomic E-state index is 0.0413. The number of hydrogen-bond donors (Lipinski definition) is 3. The zero-order valence-corrected chi connectivity index (χ0v) is 12.6. The number of carbonyl (C=O) groups excluding carboxylic acids is 1. The predicted molar refractivity (Wildman–Crippen MR) is 82.8 cm³/mol. The minimum Gasteiger partial charge on any atom is -0.481 e. The van der Waals surface area contributed by atoms with Crippen LogP contribution in [0, 0.1) is 5.92 Å². The Labute approximate surface area is 125 Å². The van der Waals surface area contributed by atoms with Gasteiger partial charge in [0.15, 0.2) is 0 Å². The van der Waals surface area contributed by atoms with E-state index in [1.54, 1.807) is 19.1 Å². The third-order valence-electron chi connectivity index (χ3n) is 3.42. The van der Waals surface area contributed by atoms with Gasteiger partial charge in [0.25, 0.3) is 0 Å². The first kappa shape index (κ1) is 17.0. The van der Waals surface area contributed by atoms with Crippen LogP contribution in [0.3, 0.4) is 0 Å². The lowest BCUT2D eigenvalue weighted by Gasteiger charge is -2.14. The Morgan fingerprint density at radius 2 is 2.00 bits per heavy atom. The fraction of sp³-hybridized carbons (Fsp3) is 0.500. The minimum atomic E-state index is -0.770. The molecule has 116 valence electrons. The Kier molecular flexibility index (Phi) is 6.72. The number of hydrogen-bond acceptors (Lipinski definition) is 3. The quantitative estimate of drug-likeness (QED) is 0.640. The van der Waals surface area contributed by atoms with Crippen molar-refractivity contribution in [2.75, 3.05) is 5.73 Å². The van der Waals surface area contributed by atoms with Gasteiger partial charge in [0.1, 0.15) is 0 Å². The third kappa shape index (κ3) is 6.79. The Balaban J connectivity index is 2.29. The summed E-state index contributed by atoms with van der Waals surface area (Å²) in [7, 11) is 0. The number of nitrogen functional groups attached to an aromatic ring is 1. The standard InChI is InChI=1S/C16H24N2O3/c1-11(16(20)21)5-3-6-12(2)18-15(19)10-13-7-4-8-14(17)9-13/h4,7-9,11-12H,3,5-6,10,17H2,1-2H3,(H,18,19)(H,20,21). The highest BCUT2D eigenvalue weighted by Gasteiger charge is 2.12. The summed E-state index contributed by atoms with van der Waals surface area (Å²) in [5.74, 6) is -1.15. The second kappa shape index (κ2) is 8.29. The molecular formula is C16H24N2O3. The smallest absolute Gasteiger partial charge is 0.306 e. The Morgan fingerprint density at radius 3 is 2.62 bits per heavy atom. The highest BCUT2D eigenvalue weighted by molar-refractivity contribution is 5.79. The zero-order chi connectivity index (χ0) is 15.8. The summed E-state index contributed by atoms with van der Waals surface area (Å²) in [5.41, 5.74) is 7.21. The number of rotatable bonds is 8. The maximum atomic E-state index is 11.9. The van der Waals surface area contributed by atoms with Crippen molar-refractivity contribution in [1.29, 1.82) is 0 Å². The van der Waals surface area contributed by atoms with Crippen molar-refractivity contribution in [3.8, 4) is 0 Å². The lowest BCUT2D eigenvalue weighted by atomic mass is 10.0. The van der Waals surface area contributed by atoms with Gasteiger partial charge in [0.2, 0.25) is 5.91 Å². The van der Waals surface area contributed by atoms with E-state index < -0.39 is 5.97 Å². The van der Waals surface area contributed by atoms with Gasteiger partial charge in [-0.3, -0.25) is 9.59 Å². The van der Waals surface area contributed by atoms with Gasteiger partial charge in [-0.25, -0.2) is 0 Å². The maximum absolute atomic E-state index is 11.9. The molecule has 1 aromatic carbocycles. The van der Waals surface area contributed by atoms with Crippen LogP contribution in [0.1, 0.15) is 38.7 Å². The normalized spacial score (nSPS) is 13.4. The summed E-state index contributed by atoms with van der Waals surface area (Å²) in [6, 6.07) is 7.32. The van der Waals surface area contributed by atoms with Crippen LogP contribution in [0.2, 0.25) is 0 Å². The number of carbonyl (C=O) groups is 2. The van der Waals surface area contributed by atoms with E-state index >= 15 is 0 Å². The van der Waals surface area contributed by atoms with Crippen molar-refractivity contribution in [1.82, 2.24) is 5.32 Å². The van der Waals surface area contributed by atoms with Crippen molar-refractivity contribution in [2.24, 2.45) is 5.92 Å². The first-order valence-electron chi connectivity index (χ1n) is 7.25. The number of carboxylic acid groups (broad SMARTS) is 1. The van der Waals surface area contributed by atoms with Crippen molar-refractivity contribution in [3.63, 3.8) is 0 Å². The van der Waals surface area contributed by atoms with Crippen LogP contribution in [-0.4, -0.2) is 23.0 Å². The van der Waals surface area contributed by atoms with E-state index in [0.717, 1.165) is 18.4 Å². The summed E-state index contributed by atoms with van der Waals surface area (Å²) in [5, 5.41) is 11.7. The summed E-state index contributed by atoms with van der Waals surface area (Å²) >= 11 is 0. The van der Waals surface area contributed by atoms with Gasteiger partial charge in [-0.05, 0) is 37.5 Å². The monoisotopic (exact) mass is 292 g/mol. The van der Waals surface area contributed by atoms with Crippen molar-refractivity contribution < 1.29 is 14.7 Å². The number of benzene rings is 1. The summed E-state index contributed by atoms with van der Waals surface area (Å²) in [6.45, 7) is 3.63. The van der Waals surface area contributed by atoms with E-state index in [1.807, 2.05) is 19.1 Å². The summed E-state index contributed by atoms with van der Waals surface area (Å²) in [4.78, 5) is 22.6. The Hall–Kier alpha value is -2.04. The van der Waals surface area contributed by atoms with Crippen LogP contribution in [-0.2, 0) is 16.0 Å². The number of nitrogens with two attached hydrogens (primary N) is 1. The molecule has 0 fully saturated rings. The van der Waals surface area contributed by atoms with Crippen molar-refractivity contribution in [3.05, 3.63) is 29.8 Å². The average Bonchev–Trinajstić information content (AvgIpc) is 2.37. The molecule has 5 nitrogen and oxygen atoms in total. The van der Waals surface area contributed by atoms with Gasteiger partial charge >= 0.3 is 5.97 Å². The largest absolute Gasteiger partial charge is 0.481 e. The van der Waals surface area contributed by atoms with E-state index in [0.29, 0.717) is 18.5 Å². The van der Waals surface area contributed by atoms with E-state index in [2.05, 4.69) is 5.32 Å². The molecule has 0 aliphatic carbocycles. The molecule has 1 amide bonds. The van der Waals surface area contributed by atoms with Gasteiger partial charge in [0, 0.05) is 11.7 Å². The first-order valence-corrected chi connectivity index (χ1v) is 7.25. The second-order valence-electron chi connectivity index (χ2n) is 5.56. The van der Waals surface area contributed by atoms with E-state index in [1.165, 1.54) is 0 Å². The molecular weight excluding hydrogens is 268 g/mol. The number of aliphatic carboxylic acids is 1. The van der Waals surface area contributed by atoms with Gasteiger partial charge in [0.05, 0.1) is 12.3 Å². The number of amides is 1. The van der Waals surface area contributed by atoms with Crippen LogP contribution >= 0.6 is 0 Å². The zero-order valence-electron chi connectivity index (χ0n) is 12.6. The molecule has 0 aliphatic rings. The fourth-order valence-corrected chi connectivity index (χ4v) is 2.14. The van der Waals surface area contributed by atoms with Gasteiger partial charge in [-0.1, -0.05) is 25.5 Å². The predicted octanol–water partition coefficient (Wildman–Crippen LogP) is 2.21. The molecule has 0 aliphatic heterocycles. The Morgan fingerprint density at radius 1 is 1.29 bits per heavy atom. The van der Waals surface area contributed by atoms with Gasteiger partial charge in [-0.15, -0.1) is 0 Å². The molecule has 0 aromatic heterocycles. The molecule has 0 bridgehead atoms. The molecule has 5 heteroatoms. The molecule has 2 atom stereocenters. The lowest BCUT2D eigenvalue weighted by Crippen LogP contribution is -2.33. The third-order valence-corrected chi connectivity index (χ3v) is 3.42. The van der Waals surface area contributed by atoms with Crippen molar-refractivity contribution in [2.45, 2.75) is 45.6 Å². The highest BCUT2D eigenvalue weighted by atomic mass is 16.4. The Bertz CT molecular complexity index is 488. The molecule has 0 radical (unpaired) electrons. The topological polar surface area (TPSA) is 92.4 Å². The highest BCUT2D eigenvalue weighted by Crippen LogP contribution is 2.10. The van der Waals surface area contributed by atoms with E-state index in [4.69, 9.17) is 10.8 Å². The van der Waals surface area contributed by atoms with Crippen LogP contribution in [0.25, 0.3) is 0 Å². The van der Waals surface area contributed by atoms with E-state index in [-0.39, 0.29) is 17.9 Å². The fourth-order valence-electron chi connectivity index (χ4n) is 2.14. The first-order chi connectivity index (χ1) is 9.88. The SMILES string of the molecule is CC(CCCC(C)C(=O)O)NC(=O)Cc1cccc(N)c1. The maximum Gasteiger partial charge on any atom is 0.306 e. The molecule has 0 saturated heterocycles. The molecule has 2 unspecified atom stereocenters. The van der Waals surface area contributed by atoms with E-state index in [9.17, 15) is 9.59 Å². The van der Waals surface area contributed by atoms with Crippen LogP contribution < -0.4 is 11.1 Å². The number of anilines is 1. The average molecular weight is 292 g/mol. The number of carboxylic acids is 1.